The van der Waals surface area contributed by atoms with Gasteiger partial charge in [-0.05, 0) is 37.2 Å². The van der Waals surface area contributed by atoms with Crippen LogP contribution in [0.25, 0.3) is 0 Å². The first-order valence-electron chi connectivity index (χ1n) is 7.68. The van der Waals surface area contributed by atoms with Gasteiger partial charge < -0.3 is 15.2 Å². The lowest BCUT2D eigenvalue weighted by Crippen LogP contribution is -2.46. The number of hydrogen-bond acceptors (Lipinski definition) is 3. The van der Waals surface area contributed by atoms with E-state index >= 15 is 0 Å². The van der Waals surface area contributed by atoms with E-state index in [0.29, 0.717) is 19.1 Å². The standard InChI is InChI=1S/C17H25NO3/c1-14-7-9-17(20,10-8-14)13-18-16(19)12-21-11-15-5-3-2-4-6-15/h2-6,14,20H,7-13H2,1H3,(H,18,19). The summed E-state index contributed by atoms with van der Waals surface area (Å²) in [5.41, 5.74) is 0.312. The fourth-order valence-corrected chi connectivity index (χ4v) is 2.63. The van der Waals surface area contributed by atoms with Crippen LogP contribution in [0.2, 0.25) is 0 Å². The molecular weight excluding hydrogens is 266 g/mol. The van der Waals surface area contributed by atoms with Gasteiger partial charge in [-0.1, -0.05) is 37.3 Å². The molecule has 0 aliphatic heterocycles. The Morgan fingerprint density at radius 1 is 1.33 bits per heavy atom. The lowest BCUT2D eigenvalue weighted by molar-refractivity contribution is -0.127. The molecule has 2 rings (SSSR count). The Kier molecular flexibility index (Phi) is 5.76. The second kappa shape index (κ2) is 7.57. The minimum atomic E-state index is -0.735. The van der Waals surface area contributed by atoms with Crippen molar-refractivity contribution >= 4 is 5.91 Å². The summed E-state index contributed by atoms with van der Waals surface area (Å²) in [5, 5.41) is 13.2. The molecule has 0 saturated heterocycles. The first kappa shape index (κ1) is 16.0. The second-order valence-electron chi connectivity index (χ2n) is 6.16. The topological polar surface area (TPSA) is 58.6 Å². The van der Waals surface area contributed by atoms with Crippen LogP contribution >= 0.6 is 0 Å². The molecule has 4 nitrogen and oxygen atoms in total. The van der Waals surface area contributed by atoms with Crippen molar-refractivity contribution in [3.05, 3.63) is 35.9 Å². The Bertz CT molecular complexity index is 439. The highest BCUT2D eigenvalue weighted by Gasteiger charge is 2.31. The van der Waals surface area contributed by atoms with Gasteiger partial charge in [0.15, 0.2) is 0 Å². The van der Waals surface area contributed by atoms with Crippen LogP contribution in [0.1, 0.15) is 38.2 Å². The molecule has 1 amide bonds. The van der Waals surface area contributed by atoms with Gasteiger partial charge in [0.25, 0.3) is 0 Å². The van der Waals surface area contributed by atoms with Crippen molar-refractivity contribution in [2.45, 2.75) is 44.8 Å². The Hall–Kier alpha value is -1.39. The third-order valence-corrected chi connectivity index (χ3v) is 4.16. The summed E-state index contributed by atoms with van der Waals surface area (Å²) in [6.07, 6.45) is 3.58. The van der Waals surface area contributed by atoms with E-state index in [2.05, 4.69) is 12.2 Å². The van der Waals surface area contributed by atoms with Gasteiger partial charge in [-0.3, -0.25) is 4.79 Å². The quantitative estimate of drug-likeness (QED) is 0.845. The normalized spacial score (nSPS) is 25.5. The van der Waals surface area contributed by atoms with Gasteiger partial charge >= 0.3 is 0 Å². The molecule has 0 unspecified atom stereocenters. The number of ether oxygens (including phenoxy) is 1. The molecule has 0 aromatic heterocycles. The molecule has 0 bridgehead atoms. The number of benzene rings is 1. The maximum atomic E-state index is 11.7. The number of rotatable bonds is 6. The van der Waals surface area contributed by atoms with Crippen LogP contribution in [0.15, 0.2) is 30.3 Å². The molecule has 1 fully saturated rings. The van der Waals surface area contributed by atoms with Crippen molar-refractivity contribution in [1.82, 2.24) is 5.32 Å². The fourth-order valence-electron chi connectivity index (χ4n) is 2.63. The monoisotopic (exact) mass is 291 g/mol. The molecule has 2 N–H and O–H groups in total. The summed E-state index contributed by atoms with van der Waals surface area (Å²) in [6.45, 7) is 2.99. The SMILES string of the molecule is CC1CCC(O)(CNC(=O)COCc2ccccc2)CC1. The van der Waals surface area contributed by atoms with E-state index in [9.17, 15) is 9.90 Å². The van der Waals surface area contributed by atoms with Crippen molar-refractivity contribution in [3.8, 4) is 0 Å². The molecule has 4 heteroatoms. The van der Waals surface area contributed by atoms with E-state index in [4.69, 9.17) is 4.74 Å². The average molecular weight is 291 g/mol. The zero-order valence-electron chi connectivity index (χ0n) is 12.7. The van der Waals surface area contributed by atoms with E-state index < -0.39 is 5.60 Å². The summed E-state index contributed by atoms with van der Waals surface area (Å²) in [5.74, 6) is 0.508. The molecule has 1 aliphatic rings. The van der Waals surface area contributed by atoms with Crippen LogP contribution in [0.5, 0.6) is 0 Å². The maximum Gasteiger partial charge on any atom is 0.246 e. The van der Waals surface area contributed by atoms with Crippen LogP contribution in [-0.4, -0.2) is 29.8 Å². The van der Waals surface area contributed by atoms with Gasteiger partial charge in [0.2, 0.25) is 5.91 Å². The molecule has 1 saturated carbocycles. The average Bonchev–Trinajstić information content (AvgIpc) is 2.50. The predicted molar refractivity (Wildman–Crippen MR) is 81.7 cm³/mol. The lowest BCUT2D eigenvalue weighted by atomic mass is 9.79. The van der Waals surface area contributed by atoms with Crippen LogP contribution in [0.4, 0.5) is 0 Å². The molecule has 0 heterocycles. The Balaban J connectivity index is 1.63. The van der Waals surface area contributed by atoms with Crippen LogP contribution in [0.3, 0.4) is 0 Å². The van der Waals surface area contributed by atoms with E-state index in [1.54, 1.807) is 0 Å². The van der Waals surface area contributed by atoms with Crippen LogP contribution < -0.4 is 5.32 Å². The largest absolute Gasteiger partial charge is 0.388 e. The molecule has 0 spiro atoms. The third kappa shape index (κ3) is 5.48. The summed E-state index contributed by atoms with van der Waals surface area (Å²) in [4.78, 5) is 11.7. The Labute approximate surface area is 126 Å². The Morgan fingerprint density at radius 3 is 2.67 bits per heavy atom. The molecule has 1 aromatic carbocycles. The number of hydrogen-bond donors (Lipinski definition) is 2. The van der Waals surface area contributed by atoms with E-state index in [1.165, 1.54) is 0 Å². The smallest absolute Gasteiger partial charge is 0.246 e. The van der Waals surface area contributed by atoms with Gasteiger partial charge in [-0.25, -0.2) is 0 Å². The Morgan fingerprint density at radius 2 is 2.00 bits per heavy atom. The maximum absolute atomic E-state index is 11.7. The predicted octanol–water partition coefficient (Wildman–Crippen LogP) is 2.26. The minimum absolute atomic E-state index is 0.0291. The highest BCUT2D eigenvalue weighted by atomic mass is 16.5. The number of amides is 1. The molecule has 0 radical (unpaired) electrons. The molecule has 0 atom stereocenters. The summed E-state index contributed by atoms with van der Waals surface area (Å²) in [7, 11) is 0. The highest BCUT2D eigenvalue weighted by molar-refractivity contribution is 5.77. The number of carbonyl (C=O) groups is 1. The van der Waals surface area contributed by atoms with Crippen molar-refractivity contribution in [2.75, 3.05) is 13.2 Å². The van der Waals surface area contributed by atoms with Crippen molar-refractivity contribution < 1.29 is 14.6 Å². The molecule has 21 heavy (non-hydrogen) atoms. The van der Waals surface area contributed by atoms with Crippen molar-refractivity contribution in [2.24, 2.45) is 5.92 Å². The van der Waals surface area contributed by atoms with Gasteiger partial charge in [0, 0.05) is 6.54 Å². The molecule has 116 valence electrons. The van der Waals surface area contributed by atoms with E-state index in [-0.39, 0.29) is 12.5 Å². The first-order chi connectivity index (χ1) is 10.1. The summed E-state index contributed by atoms with van der Waals surface area (Å²) < 4.78 is 5.38. The zero-order chi connectivity index (χ0) is 15.1. The van der Waals surface area contributed by atoms with Crippen LogP contribution in [-0.2, 0) is 16.1 Å². The van der Waals surface area contributed by atoms with Crippen LogP contribution in [0, 0.1) is 5.92 Å². The zero-order valence-corrected chi connectivity index (χ0v) is 12.7. The number of nitrogens with one attached hydrogen (secondary N) is 1. The van der Waals surface area contributed by atoms with Gasteiger partial charge in [0.05, 0.1) is 12.2 Å². The number of carbonyl (C=O) groups excluding carboxylic acids is 1. The van der Waals surface area contributed by atoms with E-state index in [0.717, 1.165) is 31.2 Å². The van der Waals surface area contributed by atoms with Crippen molar-refractivity contribution in [1.29, 1.82) is 0 Å². The first-order valence-corrected chi connectivity index (χ1v) is 7.68. The van der Waals surface area contributed by atoms with Gasteiger partial charge in [-0.15, -0.1) is 0 Å². The molecular formula is C17H25NO3. The lowest BCUT2D eigenvalue weighted by Gasteiger charge is -2.34. The minimum Gasteiger partial charge on any atom is -0.388 e. The molecule has 1 aromatic rings. The summed E-state index contributed by atoms with van der Waals surface area (Å²) >= 11 is 0. The van der Waals surface area contributed by atoms with Crippen molar-refractivity contribution in [3.63, 3.8) is 0 Å². The van der Waals surface area contributed by atoms with Gasteiger partial charge in [-0.2, -0.15) is 0 Å². The summed E-state index contributed by atoms with van der Waals surface area (Å²) in [6, 6.07) is 9.76. The molecule has 1 aliphatic carbocycles. The third-order valence-electron chi connectivity index (χ3n) is 4.16. The van der Waals surface area contributed by atoms with E-state index in [1.807, 2.05) is 30.3 Å². The second-order valence-corrected chi connectivity index (χ2v) is 6.16. The fraction of sp³-hybridized carbons (Fsp3) is 0.588. The highest BCUT2D eigenvalue weighted by Crippen LogP contribution is 2.31. The number of aliphatic hydroxyl groups is 1. The van der Waals surface area contributed by atoms with Gasteiger partial charge in [0.1, 0.15) is 6.61 Å².